The first-order valence-electron chi connectivity index (χ1n) is 7.66. The van der Waals surface area contributed by atoms with E-state index in [9.17, 15) is 4.79 Å². The van der Waals surface area contributed by atoms with E-state index in [1.807, 2.05) is 19.1 Å². The molecule has 0 spiro atoms. The molecule has 0 aliphatic carbocycles. The summed E-state index contributed by atoms with van der Waals surface area (Å²) >= 11 is 5.03. The molecule has 1 amide bonds. The second-order valence-electron chi connectivity index (χ2n) is 5.76. The van der Waals surface area contributed by atoms with Gasteiger partial charge in [-0.25, -0.2) is 9.97 Å². The van der Waals surface area contributed by atoms with E-state index in [0.29, 0.717) is 5.82 Å². The average Bonchev–Trinajstić information content (AvgIpc) is 2.95. The first kappa shape index (κ1) is 16.5. The summed E-state index contributed by atoms with van der Waals surface area (Å²) in [4.78, 5) is 23.4. The minimum Gasteiger partial charge on any atom is -0.310 e. The second kappa shape index (κ2) is 7.51. The highest BCUT2D eigenvalue weighted by Gasteiger charge is 2.25. The standard InChI is InChI=1S/C16H19BrN4OS/c1-11-19-14(10-23-11)9-21-6-4-12(5-7-21)16(22)20-15-3-2-13(17)8-18-15/h2-3,8,10,12H,4-7,9H2,1H3,(H,18,20,22). The van der Waals surface area contributed by atoms with Crippen LogP contribution in [0.2, 0.25) is 0 Å². The lowest BCUT2D eigenvalue weighted by Crippen LogP contribution is -2.37. The molecule has 0 aromatic carbocycles. The Labute approximate surface area is 148 Å². The molecule has 1 aliphatic rings. The highest BCUT2D eigenvalue weighted by atomic mass is 79.9. The molecular weight excluding hydrogens is 376 g/mol. The van der Waals surface area contributed by atoms with Gasteiger partial charge in [-0.05, 0) is 60.9 Å². The Morgan fingerprint density at radius 2 is 2.22 bits per heavy atom. The molecule has 2 aromatic heterocycles. The number of nitrogens with zero attached hydrogens (tertiary/aromatic N) is 3. The smallest absolute Gasteiger partial charge is 0.228 e. The Morgan fingerprint density at radius 3 is 2.83 bits per heavy atom. The van der Waals surface area contributed by atoms with Crippen molar-refractivity contribution >= 4 is 39.0 Å². The van der Waals surface area contributed by atoms with Gasteiger partial charge in [0.15, 0.2) is 0 Å². The molecule has 23 heavy (non-hydrogen) atoms. The predicted molar refractivity (Wildman–Crippen MR) is 95.4 cm³/mol. The molecule has 0 bridgehead atoms. The molecule has 7 heteroatoms. The highest BCUT2D eigenvalue weighted by Crippen LogP contribution is 2.21. The number of likely N-dealkylation sites (tertiary alicyclic amines) is 1. The number of thiazole rings is 1. The summed E-state index contributed by atoms with van der Waals surface area (Å²) in [5, 5.41) is 6.13. The van der Waals surface area contributed by atoms with Gasteiger partial charge in [-0.3, -0.25) is 9.69 Å². The molecule has 5 nitrogen and oxygen atoms in total. The van der Waals surface area contributed by atoms with E-state index in [0.717, 1.165) is 47.7 Å². The zero-order valence-corrected chi connectivity index (χ0v) is 15.4. The molecule has 0 atom stereocenters. The van der Waals surface area contributed by atoms with Crippen molar-refractivity contribution in [1.29, 1.82) is 0 Å². The van der Waals surface area contributed by atoms with E-state index in [1.165, 1.54) is 0 Å². The normalized spacial score (nSPS) is 16.4. The van der Waals surface area contributed by atoms with Crippen LogP contribution in [0.25, 0.3) is 0 Å². The monoisotopic (exact) mass is 394 g/mol. The zero-order valence-electron chi connectivity index (χ0n) is 13.0. The Kier molecular flexibility index (Phi) is 5.40. The van der Waals surface area contributed by atoms with E-state index in [2.05, 4.69) is 41.5 Å². The van der Waals surface area contributed by atoms with Crippen LogP contribution in [0, 0.1) is 12.8 Å². The number of rotatable bonds is 4. The van der Waals surface area contributed by atoms with Crippen LogP contribution >= 0.6 is 27.3 Å². The quantitative estimate of drug-likeness (QED) is 0.862. The largest absolute Gasteiger partial charge is 0.310 e. The first-order valence-corrected chi connectivity index (χ1v) is 9.33. The first-order chi connectivity index (χ1) is 11.1. The van der Waals surface area contributed by atoms with Crippen LogP contribution in [0.5, 0.6) is 0 Å². The lowest BCUT2D eigenvalue weighted by atomic mass is 9.96. The van der Waals surface area contributed by atoms with E-state index >= 15 is 0 Å². The van der Waals surface area contributed by atoms with Crippen molar-refractivity contribution in [3.05, 3.63) is 38.9 Å². The van der Waals surface area contributed by atoms with Gasteiger partial charge in [-0.2, -0.15) is 0 Å². The zero-order chi connectivity index (χ0) is 16.2. The fourth-order valence-electron chi connectivity index (χ4n) is 2.74. The third-order valence-corrected chi connectivity index (χ3v) is 5.28. The number of halogens is 1. The van der Waals surface area contributed by atoms with Gasteiger partial charge in [0.05, 0.1) is 10.7 Å². The molecule has 122 valence electrons. The molecular formula is C16H19BrN4OS. The minimum absolute atomic E-state index is 0.0638. The van der Waals surface area contributed by atoms with Crippen LogP contribution in [0.3, 0.4) is 0 Å². The van der Waals surface area contributed by atoms with Gasteiger partial charge in [0, 0.05) is 28.5 Å². The predicted octanol–water partition coefficient (Wildman–Crippen LogP) is 3.46. The lowest BCUT2D eigenvalue weighted by molar-refractivity contribution is -0.121. The van der Waals surface area contributed by atoms with Crippen molar-refractivity contribution in [2.45, 2.75) is 26.3 Å². The molecule has 3 rings (SSSR count). The van der Waals surface area contributed by atoms with Gasteiger partial charge in [-0.1, -0.05) is 0 Å². The summed E-state index contributed by atoms with van der Waals surface area (Å²) in [6.45, 7) is 4.78. The maximum atomic E-state index is 12.3. The Morgan fingerprint density at radius 1 is 1.43 bits per heavy atom. The van der Waals surface area contributed by atoms with Crippen molar-refractivity contribution in [1.82, 2.24) is 14.9 Å². The fourth-order valence-corrected chi connectivity index (χ4v) is 3.58. The van der Waals surface area contributed by atoms with E-state index in [-0.39, 0.29) is 11.8 Å². The van der Waals surface area contributed by atoms with E-state index in [4.69, 9.17) is 0 Å². The van der Waals surface area contributed by atoms with Gasteiger partial charge < -0.3 is 5.32 Å². The number of aryl methyl sites for hydroxylation is 1. The Balaban J connectivity index is 1.48. The molecule has 1 saturated heterocycles. The Bertz CT molecular complexity index is 665. The van der Waals surface area contributed by atoms with E-state index < -0.39 is 0 Å². The number of carbonyl (C=O) groups is 1. The van der Waals surface area contributed by atoms with Crippen molar-refractivity contribution in [3.8, 4) is 0 Å². The van der Waals surface area contributed by atoms with Gasteiger partial charge in [-0.15, -0.1) is 11.3 Å². The van der Waals surface area contributed by atoms with Crippen LogP contribution in [-0.2, 0) is 11.3 Å². The molecule has 0 saturated carbocycles. The number of amides is 1. The van der Waals surface area contributed by atoms with Crippen molar-refractivity contribution in [2.24, 2.45) is 5.92 Å². The van der Waals surface area contributed by atoms with Gasteiger partial charge in [0.2, 0.25) is 5.91 Å². The number of pyridine rings is 1. The van der Waals surface area contributed by atoms with E-state index in [1.54, 1.807) is 17.5 Å². The maximum absolute atomic E-state index is 12.3. The maximum Gasteiger partial charge on any atom is 0.228 e. The summed E-state index contributed by atoms with van der Waals surface area (Å²) < 4.78 is 0.904. The number of hydrogen-bond donors (Lipinski definition) is 1. The minimum atomic E-state index is 0.0638. The topological polar surface area (TPSA) is 58.1 Å². The number of hydrogen-bond acceptors (Lipinski definition) is 5. The SMILES string of the molecule is Cc1nc(CN2CCC(C(=O)Nc3ccc(Br)cn3)CC2)cs1. The number of piperidine rings is 1. The third-order valence-electron chi connectivity index (χ3n) is 3.99. The van der Waals surface area contributed by atoms with Crippen molar-refractivity contribution < 1.29 is 4.79 Å². The van der Waals surface area contributed by atoms with Crippen molar-refractivity contribution in [3.63, 3.8) is 0 Å². The Hall–Kier alpha value is -1.31. The second-order valence-corrected chi connectivity index (χ2v) is 7.74. The highest BCUT2D eigenvalue weighted by molar-refractivity contribution is 9.10. The fraction of sp³-hybridized carbons (Fsp3) is 0.438. The molecule has 1 N–H and O–H groups in total. The third kappa shape index (κ3) is 4.59. The van der Waals surface area contributed by atoms with Gasteiger partial charge in [0.1, 0.15) is 5.82 Å². The van der Waals surface area contributed by atoms with Crippen molar-refractivity contribution in [2.75, 3.05) is 18.4 Å². The van der Waals surface area contributed by atoms with Gasteiger partial charge in [0.25, 0.3) is 0 Å². The van der Waals surface area contributed by atoms with Gasteiger partial charge >= 0.3 is 0 Å². The summed E-state index contributed by atoms with van der Waals surface area (Å²) in [5.74, 6) is 0.747. The molecule has 3 heterocycles. The molecule has 0 radical (unpaired) electrons. The summed E-state index contributed by atoms with van der Waals surface area (Å²) in [6, 6.07) is 3.68. The molecule has 1 aliphatic heterocycles. The molecule has 0 unspecified atom stereocenters. The van der Waals surface area contributed by atoms with Crippen LogP contribution < -0.4 is 5.32 Å². The molecule has 1 fully saturated rings. The average molecular weight is 395 g/mol. The van der Waals surface area contributed by atoms with Crippen LogP contribution in [-0.4, -0.2) is 33.9 Å². The summed E-state index contributed by atoms with van der Waals surface area (Å²) in [7, 11) is 0. The number of carbonyl (C=O) groups excluding carboxylic acids is 1. The van der Waals surface area contributed by atoms with Crippen LogP contribution in [0.1, 0.15) is 23.5 Å². The number of nitrogens with one attached hydrogen (secondary N) is 1. The number of anilines is 1. The van der Waals surface area contributed by atoms with Crippen LogP contribution in [0.15, 0.2) is 28.2 Å². The summed E-state index contributed by atoms with van der Waals surface area (Å²) in [6.07, 6.45) is 3.45. The molecule has 2 aromatic rings. The lowest BCUT2D eigenvalue weighted by Gasteiger charge is -2.30. The number of aromatic nitrogens is 2. The summed E-state index contributed by atoms with van der Waals surface area (Å²) in [5.41, 5.74) is 1.13. The van der Waals surface area contributed by atoms with Crippen LogP contribution in [0.4, 0.5) is 5.82 Å².